The lowest BCUT2D eigenvalue weighted by atomic mass is 10.1. The third kappa shape index (κ3) is 5.15. The summed E-state index contributed by atoms with van der Waals surface area (Å²) in [5, 5.41) is 2.64. The van der Waals surface area contributed by atoms with Gasteiger partial charge in [-0.2, -0.15) is 13.2 Å². The van der Waals surface area contributed by atoms with Crippen molar-refractivity contribution in [1.82, 2.24) is 0 Å². The van der Waals surface area contributed by atoms with Crippen molar-refractivity contribution < 1.29 is 32.2 Å². The highest BCUT2D eigenvalue weighted by Gasteiger charge is 2.32. The molecule has 2 aromatic rings. The molecule has 162 valence electrons. The van der Waals surface area contributed by atoms with E-state index in [-0.39, 0.29) is 12.1 Å². The smallest absolute Gasteiger partial charge is 0.416 e. The molecule has 0 aliphatic carbocycles. The van der Waals surface area contributed by atoms with E-state index in [1.807, 2.05) is 4.90 Å². The number of anilines is 2. The van der Waals surface area contributed by atoms with E-state index in [0.717, 1.165) is 12.1 Å². The van der Waals surface area contributed by atoms with E-state index in [4.69, 9.17) is 14.2 Å². The fraction of sp³-hybridized carbons (Fsp3) is 0.381. The van der Waals surface area contributed by atoms with Crippen LogP contribution in [0.25, 0.3) is 0 Å². The van der Waals surface area contributed by atoms with E-state index < -0.39 is 17.6 Å². The number of hydrogen-bond donors (Lipinski definition) is 1. The Hall–Kier alpha value is -2.94. The van der Waals surface area contributed by atoms with Gasteiger partial charge in [-0.15, -0.1) is 0 Å². The van der Waals surface area contributed by atoms with Crippen molar-refractivity contribution in [2.24, 2.45) is 0 Å². The molecule has 1 amide bonds. The molecule has 1 heterocycles. The molecule has 1 fully saturated rings. The van der Waals surface area contributed by atoms with Gasteiger partial charge in [0.2, 0.25) is 5.91 Å². The molecular formula is C21H23F3N2O4. The number of halogens is 3. The average molecular weight is 424 g/mol. The molecule has 3 rings (SSSR count). The zero-order valence-corrected chi connectivity index (χ0v) is 16.7. The Kier molecular flexibility index (Phi) is 6.71. The maximum absolute atomic E-state index is 13.2. The summed E-state index contributed by atoms with van der Waals surface area (Å²) < 4.78 is 55.3. The normalized spacial score (nSPS) is 14.4. The molecule has 0 aromatic heterocycles. The standard InChI is InChI=1S/C21H23F3N2O4/c1-28-18-6-3-14(11-19(18)29-2)12-20(27)25-16-13-15(21(22,23)24)4-5-17(16)26-7-9-30-10-8-26/h3-6,11,13H,7-10,12H2,1-2H3,(H,25,27). The SMILES string of the molecule is COc1ccc(CC(=O)Nc2cc(C(F)(F)F)ccc2N2CCOCC2)cc1OC. The first-order chi connectivity index (χ1) is 14.3. The zero-order chi connectivity index (χ0) is 21.7. The molecule has 1 N–H and O–H groups in total. The molecule has 0 bridgehead atoms. The second-order valence-corrected chi connectivity index (χ2v) is 6.74. The molecule has 0 saturated carbocycles. The molecule has 6 nitrogen and oxygen atoms in total. The van der Waals surface area contributed by atoms with Crippen LogP contribution in [0.3, 0.4) is 0 Å². The highest BCUT2D eigenvalue weighted by Crippen LogP contribution is 2.36. The number of amides is 1. The van der Waals surface area contributed by atoms with E-state index in [9.17, 15) is 18.0 Å². The highest BCUT2D eigenvalue weighted by molar-refractivity contribution is 5.96. The number of ether oxygens (including phenoxy) is 3. The number of morpholine rings is 1. The molecule has 1 saturated heterocycles. The van der Waals surface area contributed by atoms with E-state index in [1.54, 1.807) is 18.2 Å². The maximum atomic E-state index is 13.2. The fourth-order valence-corrected chi connectivity index (χ4v) is 3.26. The van der Waals surface area contributed by atoms with Crippen molar-refractivity contribution in [3.63, 3.8) is 0 Å². The molecule has 0 spiro atoms. The van der Waals surface area contributed by atoms with Crippen molar-refractivity contribution in [3.05, 3.63) is 47.5 Å². The van der Waals surface area contributed by atoms with Crippen LogP contribution in [0.4, 0.5) is 24.5 Å². The third-order valence-electron chi connectivity index (χ3n) is 4.76. The van der Waals surface area contributed by atoms with Crippen molar-refractivity contribution in [1.29, 1.82) is 0 Å². The number of carbonyl (C=O) groups is 1. The molecule has 0 atom stereocenters. The Morgan fingerprint density at radius 2 is 1.77 bits per heavy atom. The summed E-state index contributed by atoms with van der Waals surface area (Å²) in [6, 6.07) is 8.42. The summed E-state index contributed by atoms with van der Waals surface area (Å²) in [4.78, 5) is 14.5. The summed E-state index contributed by atoms with van der Waals surface area (Å²) >= 11 is 0. The molecular weight excluding hydrogens is 401 g/mol. The lowest BCUT2D eigenvalue weighted by Crippen LogP contribution is -2.37. The lowest BCUT2D eigenvalue weighted by molar-refractivity contribution is -0.137. The predicted octanol–water partition coefficient (Wildman–Crippen LogP) is 3.74. The number of alkyl halides is 3. The van der Waals surface area contributed by atoms with Gasteiger partial charge in [0.25, 0.3) is 0 Å². The van der Waals surface area contributed by atoms with Crippen LogP contribution in [0.15, 0.2) is 36.4 Å². The summed E-state index contributed by atoms with van der Waals surface area (Å²) in [5.41, 5.74) is 0.482. The van der Waals surface area contributed by atoms with E-state index >= 15 is 0 Å². The highest BCUT2D eigenvalue weighted by atomic mass is 19.4. The van der Waals surface area contributed by atoms with Gasteiger partial charge < -0.3 is 24.4 Å². The van der Waals surface area contributed by atoms with Gasteiger partial charge in [-0.25, -0.2) is 0 Å². The number of carbonyl (C=O) groups excluding carboxylic acids is 1. The van der Waals surface area contributed by atoms with Crippen molar-refractivity contribution in [2.75, 3.05) is 50.7 Å². The predicted molar refractivity (Wildman–Crippen MR) is 106 cm³/mol. The minimum absolute atomic E-state index is 0.0286. The van der Waals surface area contributed by atoms with Crippen LogP contribution in [0, 0.1) is 0 Å². The van der Waals surface area contributed by atoms with Gasteiger partial charge in [0.05, 0.1) is 50.8 Å². The summed E-state index contributed by atoms with van der Waals surface area (Å²) in [5.74, 6) is 0.557. The van der Waals surface area contributed by atoms with Gasteiger partial charge in [0, 0.05) is 13.1 Å². The zero-order valence-electron chi connectivity index (χ0n) is 16.7. The maximum Gasteiger partial charge on any atom is 0.416 e. The fourth-order valence-electron chi connectivity index (χ4n) is 3.26. The van der Waals surface area contributed by atoms with Gasteiger partial charge in [-0.1, -0.05) is 6.07 Å². The first-order valence-electron chi connectivity index (χ1n) is 9.36. The Morgan fingerprint density at radius 1 is 1.07 bits per heavy atom. The molecule has 9 heteroatoms. The van der Waals surface area contributed by atoms with Crippen LogP contribution in [0.5, 0.6) is 11.5 Å². The molecule has 30 heavy (non-hydrogen) atoms. The minimum Gasteiger partial charge on any atom is -0.493 e. The van der Waals surface area contributed by atoms with Gasteiger partial charge in [-0.05, 0) is 35.9 Å². The first kappa shape index (κ1) is 21.8. The van der Waals surface area contributed by atoms with Crippen LogP contribution in [-0.4, -0.2) is 46.4 Å². The third-order valence-corrected chi connectivity index (χ3v) is 4.76. The number of methoxy groups -OCH3 is 2. The van der Waals surface area contributed by atoms with Gasteiger partial charge in [-0.3, -0.25) is 4.79 Å². The second kappa shape index (κ2) is 9.25. The molecule has 1 aliphatic heterocycles. The number of nitrogens with one attached hydrogen (secondary N) is 1. The van der Waals surface area contributed by atoms with E-state index in [0.29, 0.717) is 49.1 Å². The van der Waals surface area contributed by atoms with Crippen LogP contribution in [-0.2, 0) is 22.1 Å². The molecule has 0 unspecified atom stereocenters. The number of rotatable bonds is 6. The van der Waals surface area contributed by atoms with Gasteiger partial charge in [0.1, 0.15) is 0 Å². The monoisotopic (exact) mass is 424 g/mol. The van der Waals surface area contributed by atoms with Crippen molar-refractivity contribution in [3.8, 4) is 11.5 Å². The van der Waals surface area contributed by atoms with E-state index in [1.165, 1.54) is 20.3 Å². The summed E-state index contributed by atoms with van der Waals surface area (Å²) in [7, 11) is 2.99. The van der Waals surface area contributed by atoms with Gasteiger partial charge >= 0.3 is 6.18 Å². The molecule has 1 aliphatic rings. The van der Waals surface area contributed by atoms with E-state index in [2.05, 4.69) is 5.32 Å². The van der Waals surface area contributed by atoms with Crippen LogP contribution >= 0.6 is 0 Å². The Bertz CT molecular complexity index is 896. The molecule has 2 aromatic carbocycles. The van der Waals surface area contributed by atoms with Crippen LogP contribution in [0.1, 0.15) is 11.1 Å². The number of benzene rings is 2. The van der Waals surface area contributed by atoms with Crippen LogP contribution in [0.2, 0.25) is 0 Å². The average Bonchev–Trinajstić information content (AvgIpc) is 2.73. The topological polar surface area (TPSA) is 60.0 Å². The Morgan fingerprint density at radius 3 is 2.40 bits per heavy atom. The Labute approximate surface area is 172 Å². The Balaban J connectivity index is 1.83. The minimum atomic E-state index is -4.51. The largest absolute Gasteiger partial charge is 0.493 e. The number of hydrogen-bond acceptors (Lipinski definition) is 5. The van der Waals surface area contributed by atoms with Crippen molar-refractivity contribution in [2.45, 2.75) is 12.6 Å². The summed E-state index contributed by atoms with van der Waals surface area (Å²) in [6.07, 6.45) is -4.54. The van der Waals surface area contributed by atoms with Gasteiger partial charge in [0.15, 0.2) is 11.5 Å². The molecule has 0 radical (unpaired) electrons. The van der Waals surface area contributed by atoms with Crippen LogP contribution < -0.4 is 19.7 Å². The number of nitrogens with zero attached hydrogens (tertiary/aromatic N) is 1. The lowest BCUT2D eigenvalue weighted by Gasteiger charge is -2.31. The first-order valence-corrected chi connectivity index (χ1v) is 9.36. The van der Waals surface area contributed by atoms with Crippen molar-refractivity contribution >= 4 is 17.3 Å². The quantitative estimate of drug-likeness (QED) is 0.766. The summed E-state index contributed by atoms with van der Waals surface area (Å²) in [6.45, 7) is 2.01. The second-order valence-electron chi connectivity index (χ2n) is 6.74.